The van der Waals surface area contributed by atoms with Gasteiger partial charge in [0, 0.05) is 26.1 Å². The van der Waals surface area contributed by atoms with Crippen LogP contribution in [0.5, 0.6) is 0 Å². The number of rotatable bonds is 10. The molecule has 6 heteroatoms. The second-order valence-corrected chi connectivity index (χ2v) is 6.47. The standard InChI is InChI=1S/C18H36N4O2/c1-4-19-18(20-11-6-8-17(23)24-5-2)21-12-7-13-22-14-9-16(3)10-15-22/h16H,4-15H2,1-3H3,(H2,19,20,21). The zero-order chi connectivity index (χ0) is 17.6. The average Bonchev–Trinajstić information content (AvgIpc) is 2.57. The van der Waals surface area contributed by atoms with Crippen molar-refractivity contribution < 1.29 is 9.53 Å². The Morgan fingerprint density at radius 2 is 1.96 bits per heavy atom. The lowest BCUT2D eigenvalue weighted by Gasteiger charge is -2.30. The summed E-state index contributed by atoms with van der Waals surface area (Å²) in [5.74, 6) is 1.59. The smallest absolute Gasteiger partial charge is 0.305 e. The molecule has 0 saturated carbocycles. The zero-order valence-electron chi connectivity index (χ0n) is 15.8. The molecule has 0 unspecified atom stereocenters. The summed E-state index contributed by atoms with van der Waals surface area (Å²) in [5.41, 5.74) is 0. The summed E-state index contributed by atoms with van der Waals surface area (Å²) < 4.78 is 4.92. The van der Waals surface area contributed by atoms with Crippen molar-refractivity contribution in [1.82, 2.24) is 15.5 Å². The molecule has 0 aromatic heterocycles. The summed E-state index contributed by atoms with van der Waals surface area (Å²) in [6, 6.07) is 0. The Hall–Kier alpha value is -1.30. The number of ether oxygens (including phenoxy) is 1. The van der Waals surface area contributed by atoms with E-state index in [1.165, 1.54) is 25.9 Å². The van der Waals surface area contributed by atoms with Crippen molar-refractivity contribution in [3.8, 4) is 0 Å². The van der Waals surface area contributed by atoms with Crippen molar-refractivity contribution >= 4 is 11.9 Å². The Morgan fingerprint density at radius 1 is 1.21 bits per heavy atom. The molecule has 0 aromatic carbocycles. The number of aliphatic imine (C=N–C) groups is 1. The van der Waals surface area contributed by atoms with Gasteiger partial charge in [0.05, 0.1) is 6.61 Å². The van der Waals surface area contributed by atoms with Crippen LogP contribution in [-0.2, 0) is 9.53 Å². The molecule has 6 nitrogen and oxygen atoms in total. The van der Waals surface area contributed by atoms with Crippen LogP contribution in [0.4, 0.5) is 0 Å². The van der Waals surface area contributed by atoms with Crippen LogP contribution in [0.25, 0.3) is 0 Å². The van der Waals surface area contributed by atoms with Gasteiger partial charge in [0.25, 0.3) is 0 Å². The van der Waals surface area contributed by atoms with Crippen LogP contribution in [0.1, 0.15) is 52.9 Å². The number of carbonyl (C=O) groups is 1. The molecule has 2 N–H and O–H groups in total. The van der Waals surface area contributed by atoms with E-state index in [0.717, 1.165) is 44.4 Å². The first kappa shape index (κ1) is 20.7. The molecule has 140 valence electrons. The molecule has 1 fully saturated rings. The third-order valence-corrected chi connectivity index (χ3v) is 4.28. The minimum Gasteiger partial charge on any atom is -0.466 e. The fourth-order valence-corrected chi connectivity index (χ4v) is 2.78. The van der Waals surface area contributed by atoms with Gasteiger partial charge in [0.1, 0.15) is 0 Å². The van der Waals surface area contributed by atoms with E-state index in [-0.39, 0.29) is 5.97 Å². The maximum Gasteiger partial charge on any atom is 0.305 e. The molecule has 1 aliphatic heterocycles. The fourth-order valence-electron chi connectivity index (χ4n) is 2.78. The molecule has 0 aromatic rings. The van der Waals surface area contributed by atoms with Gasteiger partial charge in [-0.15, -0.1) is 0 Å². The molecule has 1 saturated heterocycles. The molecule has 24 heavy (non-hydrogen) atoms. The maximum atomic E-state index is 11.3. The van der Waals surface area contributed by atoms with E-state index in [2.05, 4.69) is 34.4 Å². The zero-order valence-corrected chi connectivity index (χ0v) is 15.8. The van der Waals surface area contributed by atoms with Gasteiger partial charge >= 0.3 is 5.97 Å². The largest absolute Gasteiger partial charge is 0.466 e. The number of piperidine rings is 1. The Morgan fingerprint density at radius 3 is 2.62 bits per heavy atom. The number of guanidine groups is 1. The first-order valence-corrected chi connectivity index (χ1v) is 9.55. The second-order valence-electron chi connectivity index (χ2n) is 6.47. The summed E-state index contributed by atoms with van der Waals surface area (Å²) in [6.45, 7) is 12.7. The SMILES string of the molecule is CCNC(=NCCCC(=O)OCC)NCCCN1CCC(C)CC1. The highest BCUT2D eigenvalue weighted by molar-refractivity contribution is 5.79. The van der Waals surface area contributed by atoms with Gasteiger partial charge < -0.3 is 20.3 Å². The van der Waals surface area contributed by atoms with Crippen molar-refractivity contribution in [3.05, 3.63) is 0 Å². The Balaban J connectivity index is 2.15. The first-order valence-electron chi connectivity index (χ1n) is 9.55. The highest BCUT2D eigenvalue weighted by Gasteiger charge is 2.14. The van der Waals surface area contributed by atoms with E-state index in [9.17, 15) is 4.79 Å². The molecule has 0 amide bonds. The van der Waals surface area contributed by atoms with Crippen molar-refractivity contribution in [2.24, 2.45) is 10.9 Å². The summed E-state index contributed by atoms with van der Waals surface area (Å²) in [6.07, 6.45) is 4.95. The van der Waals surface area contributed by atoms with Crippen molar-refractivity contribution in [3.63, 3.8) is 0 Å². The van der Waals surface area contributed by atoms with Crippen LogP contribution < -0.4 is 10.6 Å². The second kappa shape index (κ2) is 13.0. The van der Waals surface area contributed by atoms with E-state index < -0.39 is 0 Å². The topological polar surface area (TPSA) is 66.0 Å². The number of carbonyl (C=O) groups excluding carboxylic acids is 1. The lowest BCUT2D eigenvalue weighted by Crippen LogP contribution is -2.39. The summed E-state index contributed by atoms with van der Waals surface area (Å²) >= 11 is 0. The number of nitrogens with one attached hydrogen (secondary N) is 2. The highest BCUT2D eigenvalue weighted by Crippen LogP contribution is 2.15. The summed E-state index contributed by atoms with van der Waals surface area (Å²) in [7, 11) is 0. The van der Waals surface area contributed by atoms with Crippen molar-refractivity contribution in [1.29, 1.82) is 0 Å². The lowest BCUT2D eigenvalue weighted by atomic mass is 9.99. The number of hydrogen-bond acceptors (Lipinski definition) is 4. The van der Waals surface area contributed by atoms with Crippen LogP contribution in [0.15, 0.2) is 4.99 Å². The molecule has 0 spiro atoms. The van der Waals surface area contributed by atoms with Gasteiger partial charge in [0.2, 0.25) is 0 Å². The number of likely N-dealkylation sites (tertiary alicyclic amines) is 1. The van der Waals surface area contributed by atoms with Gasteiger partial charge in [0.15, 0.2) is 5.96 Å². The van der Waals surface area contributed by atoms with Gasteiger partial charge in [-0.3, -0.25) is 9.79 Å². The van der Waals surface area contributed by atoms with Crippen LogP contribution in [-0.4, -0.2) is 62.7 Å². The van der Waals surface area contributed by atoms with Crippen LogP contribution in [0.3, 0.4) is 0 Å². The quantitative estimate of drug-likeness (QED) is 0.276. The molecule has 1 heterocycles. The molecular weight excluding hydrogens is 304 g/mol. The molecule has 1 rings (SSSR count). The number of esters is 1. The molecule has 0 atom stereocenters. The van der Waals surface area contributed by atoms with E-state index in [0.29, 0.717) is 19.6 Å². The fraction of sp³-hybridized carbons (Fsp3) is 0.889. The lowest BCUT2D eigenvalue weighted by molar-refractivity contribution is -0.143. The third kappa shape index (κ3) is 9.75. The monoisotopic (exact) mass is 340 g/mol. The molecule has 0 aliphatic carbocycles. The highest BCUT2D eigenvalue weighted by atomic mass is 16.5. The van der Waals surface area contributed by atoms with Crippen molar-refractivity contribution in [2.45, 2.75) is 52.9 Å². The van der Waals surface area contributed by atoms with E-state index in [1.54, 1.807) is 0 Å². The Kier molecular flexibility index (Phi) is 11.3. The van der Waals surface area contributed by atoms with Crippen LogP contribution >= 0.6 is 0 Å². The molecular formula is C18H36N4O2. The van der Waals surface area contributed by atoms with Crippen LogP contribution in [0, 0.1) is 5.92 Å². The predicted octanol–water partition coefficient (Wildman–Crippen LogP) is 2.01. The molecule has 0 bridgehead atoms. The minimum atomic E-state index is -0.137. The predicted molar refractivity (Wildman–Crippen MR) is 99.3 cm³/mol. The minimum absolute atomic E-state index is 0.137. The van der Waals surface area contributed by atoms with Gasteiger partial charge in [-0.05, 0) is 65.1 Å². The third-order valence-electron chi connectivity index (χ3n) is 4.28. The van der Waals surface area contributed by atoms with Crippen molar-refractivity contribution in [2.75, 3.05) is 45.9 Å². The number of nitrogens with zero attached hydrogens (tertiary/aromatic N) is 2. The Labute approximate surface area is 147 Å². The van der Waals surface area contributed by atoms with Gasteiger partial charge in [-0.25, -0.2) is 0 Å². The van der Waals surface area contributed by atoms with Gasteiger partial charge in [-0.2, -0.15) is 0 Å². The van der Waals surface area contributed by atoms with Crippen LogP contribution in [0.2, 0.25) is 0 Å². The summed E-state index contributed by atoms with van der Waals surface area (Å²) in [5, 5.41) is 6.63. The Bertz CT molecular complexity index is 366. The molecule has 0 radical (unpaired) electrons. The van der Waals surface area contributed by atoms with E-state index in [4.69, 9.17) is 4.74 Å². The maximum absolute atomic E-state index is 11.3. The van der Waals surface area contributed by atoms with Gasteiger partial charge in [-0.1, -0.05) is 6.92 Å². The average molecular weight is 341 g/mol. The summed E-state index contributed by atoms with van der Waals surface area (Å²) in [4.78, 5) is 18.4. The normalized spacial score (nSPS) is 16.9. The molecule has 1 aliphatic rings. The van der Waals surface area contributed by atoms with E-state index >= 15 is 0 Å². The van der Waals surface area contributed by atoms with E-state index in [1.807, 2.05) is 6.92 Å². The first-order chi connectivity index (χ1) is 11.7. The number of hydrogen-bond donors (Lipinski definition) is 2.